The van der Waals surface area contributed by atoms with E-state index >= 15 is 0 Å². The van der Waals surface area contributed by atoms with Gasteiger partial charge in [-0.3, -0.25) is 0 Å². The molecule has 0 fully saturated rings. The lowest BCUT2D eigenvalue weighted by Crippen LogP contribution is -2.30. The van der Waals surface area contributed by atoms with Gasteiger partial charge in [-0.1, -0.05) is 24.3 Å². The van der Waals surface area contributed by atoms with E-state index in [1.807, 2.05) is 55.6 Å². The molecule has 0 aliphatic rings. The molecule has 0 radical (unpaired) electrons. The third-order valence-electron chi connectivity index (χ3n) is 3.18. The van der Waals surface area contributed by atoms with Gasteiger partial charge >= 0.3 is 0 Å². The molecule has 2 nitrogen and oxygen atoms in total. The van der Waals surface area contributed by atoms with Gasteiger partial charge in [-0.15, -0.1) is 0 Å². The zero-order valence-corrected chi connectivity index (χ0v) is 9.51. The number of para-hydroxylation sites is 2. The fourth-order valence-electron chi connectivity index (χ4n) is 2.35. The van der Waals surface area contributed by atoms with Crippen molar-refractivity contribution in [3.63, 3.8) is 0 Å². The molecule has 80 valence electrons. The third kappa shape index (κ3) is 1.29. The van der Waals surface area contributed by atoms with Gasteiger partial charge in [0.05, 0.1) is 16.3 Å². The third-order valence-corrected chi connectivity index (χ3v) is 3.18. The summed E-state index contributed by atoms with van der Waals surface area (Å²) in [5.41, 5.74) is 2.93. The van der Waals surface area contributed by atoms with E-state index in [9.17, 15) is 5.26 Å². The summed E-state index contributed by atoms with van der Waals surface area (Å²) in [5.74, 6) is 0. The number of pyridine rings is 1. The Morgan fingerprint density at radius 2 is 1.35 bits per heavy atom. The molecule has 17 heavy (non-hydrogen) atoms. The molecule has 1 aromatic heterocycles. The van der Waals surface area contributed by atoms with E-state index in [2.05, 4.69) is 10.6 Å². The Morgan fingerprint density at radius 3 is 1.82 bits per heavy atom. The number of aromatic nitrogens is 1. The van der Waals surface area contributed by atoms with Crippen molar-refractivity contribution in [1.29, 1.82) is 5.26 Å². The molecule has 0 bridgehead atoms. The number of nitriles is 1. The van der Waals surface area contributed by atoms with Crippen LogP contribution in [0, 0.1) is 11.3 Å². The highest BCUT2D eigenvalue weighted by atomic mass is 14.9. The van der Waals surface area contributed by atoms with Crippen molar-refractivity contribution < 1.29 is 4.57 Å². The zero-order valence-electron chi connectivity index (χ0n) is 9.51. The molecule has 0 unspecified atom stereocenters. The maximum absolute atomic E-state index is 9.37. The fourth-order valence-corrected chi connectivity index (χ4v) is 2.35. The highest BCUT2D eigenvalue weighted by molar-refractivity contribution is 5.96. The monoisotopic (exact) mass is 219 g/mol. The molecule has 3 aromatic rings. The van der Waals surface area contributed by atoms with E-state index in [0.717, 1.165) is 27.4 Å². The lowest BCUT2D eigenvalue weighted by atomic mass is 10.0. The van der Waals surface area contributed by atoms with Crippen LogP contribution in [0.15, 0.2) is 48.5 Å². The SMILES string of the molecule is C[n+]1c2ccccc2c(C#N)c2ccccc21. The second kappa shape index (κ2) is 3.57. The second-order valence-corrected chi connectivity index (χ2v) is 4.08. The topological polar surface area (TPSA) is 27.7 Å². The van der Waals surface area contributed by atoms with Gasteiger partial charge < -0.3 is 0 Å². The van der Waals surface area contributed by atoms with Crippen LogP contribution in [0.1, 0.15) is 5.56 Å². The number of rotatable bonds is 0. The van der Waals surface area contributed by atoms with Crippen molar-refractivity contribution in [3.8, 4) is 6.07 Å². The average molecular weight is 219 g/mol. The molecular weight excluding hydrogens is 208 g/mol. The van der Waals surface area contributed by atoms with Gasteiger partial charge in [0, 0.05) is 12.1 Å². The van der Waals surface area contributed by atoms with Crippen molar-refractivity contribution in [2.45, 2.75) is 0 Å². The van der Waals surface area contributed by atoms with E-state index in [4.69, 9.17) is 0 Å². The minimum atomic E-state index is 0.759. The van der Waals surface area contributed by atoms with Gasteiger partial charge in [-0.2, -0.15) is 9.83 Å². The molecule has 2 aromatic carbocycles. The summed E-state index contributed by atoms with van der Waals surface area (Å²) in [6, 6.07) is 18.4. The number of fused-ring (bicyclic) bond motifs is 2. The maximum Gasteiger partial charge on any atom is 0.214 e. The Balaban J connectivity index is 2.70. The highest BCUT2D eigenvalue weighted by Gasteiger charge is 2.16. The van der Waals surface area contributed by atoms with Gasteiger partial charge in [0.15, 0.2) is 0 Å². The summed E-state index contributed by atoms with van der Waals surface area (Å²) in [5, 5.41) is 11.4. The molecule has 0 saturated carbocycles. The fraction of sp³-hybridized carbons (Fsp3) is 0.0667. The van der Waals surface area contributed by atoms with Crippen LogP contribution >= 0.6 is 0 Å². The van der Waals surface area contributed by atoms with Crippen LogP contribution in [0.4, 0.5) is 0 Å². The Labute approximate surface area is 99.3 Å². The van der Waals surface area contributed by atoms with Crippen molar-refractivity contribution in [2.24, 2.45) is 7.05 Å². The van der Waals surface area contributed by atoms with Crippen LogP contribution < -0.4 is 4.57 Å². The van der Waals surface area contributed by atoms with Crippen molar-refractivity contribution in [1.82, 2.24) is 0 Å². The van der Waals surface area contributed by atoms with Crippen molar-refractivity contribution in [3.05, 3.63) is 54.1 Å². The van der Waals surface area contributed by atoms with Crippen molar-refractivity contribution >= 4 is 21.8 Å². The molecule has 0 amide bonds. The number of hydrogen-bond donors (Lipinski definition) is 0. The number of aryl methyl sites for hydroxylation is 1. The predicted octanol–water partition coefficient (Wildman–Crippen LogP) is 2.69. The number of hydrogen-bond acceptors (Lipinski definition) is 1. The van der Waals surface area contributed by atoms with E-state index < -0.39 is 0 Å². The first-order valence-corrected chi connectivity index (χ1v) is 5.52. The lowest BCUT2D eigenvalue weighted by Gasteiger charge is -2.04. The van der Waals surface area contributed by atoms with Crippen LogP contribution in [-0.4, -0.2) is 0 Å². The molecule has 2 heteroatoms. The van der Waals surface area contributed by atoms with Crippen LogP contribution in [0.2, 0.25) is 0 Å². The van der Waals surface area contributed by atoms with Gasteiger partial charge in [-0.05, 0) is 12.1 Å². The molecule has 1 heterocycles. The Morgan fingerprint density at radius 1 is 0.882 bits per heavy atom. The van der Waals surface area contributed by atoms with Crippen LogP contribution in [0.3, 0.4) is 0 Å². The molecule has 0 aliphatic carbocycles. The maximum atomic E-state index is 9.37. The Hall–Kier alpha value is -2.40. The summed E-state index contributed by atoms with van der Waals surface area (Å²) in [7, 11) is 2.03. The molecule has 0 aliphatic heterocycles. The minimum absolute atomic E-state index is 0.759. The normalized spacial score (nSPS) is 10.6. The molecular formula is C15H11N2+. The largest absolute Gasteiger partial charge is 0.214 e. The second-order valence-electron chi connectivity index (χ2n) is 4.08. The number of nitrogens with zero attached hydrogens (tertiary/aromatic N) is 2. The molecule has 0 saturated heterocycles. The Kier molecular flexibility index (Phi) is 2.06. The smallest absolute Gasteiger partial charge is 0.194 e. The summed E-state index contributed by atoms with van der Waals surface area (Å²) in [4.78, 5) is 0. The van der Waals surface area contributed by atoms with Gasteiger partial charge in [-0.25, -0.2) is 0 Å². The molecule has 0 spiro atoms. The minimum Gasteiger partial charge on any atom is -0.194 e. The van der Waals surface area contributed by atoms with E-state index in [1.54, 1.807) is 0 Å². The lowest BCUT2D eigenvalue weighted by molar-refractivity contribution is -0.617. The first-order valence-electron chi connectivity index (χ1n) is 5.52. The number of benzene rings is 2. The van der Waals surface area contributed by atoms with Gasteiger partial charge in [0.1, 0.15) is 13.1 Å². The molecule has 0 atom stereocenters. The van der Waals surface area contributed by atoms with Crippen LogP contribution in [-0.2, 0) is 7.05 Å². The first-order chi connectivity index (χ1) is 8.33. The standard InChI is InChI=1S/C15H11N2/c1-17-14-8-4-2-6-11(14)13(10-16)12-7-3-5-9-15(12)17/h2-9H,1H3/q+1. The average Bonchev–Trinajstić information content (AvgIpc) is 2.40. The van der Waals surface area contributed by atoms with E-state index in [-0.39, 0.29) is 0 Å². The summed E-state index contributed by atoms with van der Waals surface area (Å²) >= 11 is 0. The highest BCUT2D eigenvalue weighted by Crippen LogP contribution is 2.23. The Bertz CT molecular complexity index is 710. The zero-order chi connectivity index (χ0) is 11.8. The van der Waals surface area contributed by atoms with Gasteiger partial charge in [0.25, 0.3) is 0 Å². The van der Waals surface area contributed by atoms with Crippen LogP contribution in [0.5, 0.6) is 0 Å². The summed E-state index contributed by atoms with van der Waals surface area (Å²) in [6.45, 7) is 0. The quantitative estimate of drug-likeness (QED) is 0.422. The summed E-state index contributed by atoms with van der Waals surface area (Å²) in [6.07, 6.45) is 0. The van der Waals surface area contributed by atoms with E-state index in [0.29, 0.717) is 0 Å². The van der Waals surface area contributed by atoms with Crippen LogP contribution in [0.25, 0.3) is 21.8 Å². The van der Waals surface area contributed by atoms with E-state index in [1.165, 1.54) is 0 Å². The van der Waals surface area contributed by atoms with Gasteiger partial charge in [0.2, 0.25) is 11.0 Å². The van der Waals surface area contributed by atoms with Crippen molar-refractivity contribution in [2.75, 3.05) is 0 Å². The first kappa shape index (κ1) is 9.80. The molecule has 3 rings (SSSR count). The summed E-state index contributed by atoms with van der Waals surface area (Å²) < 4.78 is 2.13. The molecule has 0 N–H and O–H groups in total. The predicted molar refractivity (Wildman–Crippen MR) is 67.3 cm³/mol.